The van der Waals surface area contributed by atoms with Crippen molar-refractivity contribution in [3.05, 3.63) is 36.2 Å². The molecule has 2 atom stereocenters. The third-order valence-corrected chi connectivity index (χ3v) is 3.60. The number of hydrogen-bond acceptors (Lipinski definition) is 5. The van der Waals surface area contributed by atoms with Crippen molar-refractivity contribution in [1.82, 2.24) is 10.3 Å². The first-order chi connectivity index (χ1) is 10.6. The van der Waals surface area contributed by atoms with Gasteiger partial charge in [-0.05, 0) is 32.0 Å². The van der Waals surface area contributed by atoms with Crippen molar-refractivity contribution in [2.45, 2.75) is 26.0 Å². The van der Waals surface area contributed by atoms with E-state index in [9.17, 15) is 4.79 Å². The molecule has 0 saturated carbocycles. The van der Waals surface area contributed by atoms with Crippen LogP contribution in [-0.2, 0) is 9.53 Å². The molecule has 2 aromatic rings. The highest BCUT2D eigenvalue weighted by Gasteiger charge is 2.28. The van der Waals surface area contributed by atoms with E-state index in [2.05, 4.69) is 15.6 Å². The number of amides is 1. The fraction of sp³-hybridized carbons (Fsp3) is 0.375. The number of oxazole rings is 1. The molecule has 1 amide bonds. The maximum Gasteiger partial charge on any atom is 0.244 e. The van der Waals surface area contributed by atoms with E-state index in [1.165, 1.54) is 0 Å². The van der Waals surface area contributed by atoms with Crippen molar-refractivity contribution in [2.75, 3.05) is 18.5 Å². The molecule has 1 saturated heterocycles. The van der Waals surface area contributed by atoms with Crippen molar-refractivity contribution >= 4 is 24.0 Å². The van der Waals surface area contributed by atoms with Gasteiger partial charge in [0.25, 0.3) is 0 Å². The van der Waals surface area contributed by atoms with Gasteiger partial charge in [-0.15, -0.1) is 12.4 Å². The molecule has 1 aliphatic heterocycles. The summed E-state index contributed by atoms with van der Waals surface area (Å²) in [5, 5.41) is 6.08. The van der Waals surface area contributed by atoms with E-state index in [4.69, 9.17) is 9.15 Å². The molecule has 23 heavy (non-hydrogen) atoms. The Hall–Kier alpha value is -1.89. The molecule has 1 aliphatic rings. The van der Waals surface area contributed by atoms with Gasteiger partial charge < -0.3 is 19.8 Å². The standard InChI is InChI=1S/C16H19N3O3.ClH/c1-10-9-18-16(22-10)12-4-3-5-13(8-12)19-15(20)14-11(2)21-7-6-17-14;/h3-5,8-9,11,14,17H,6-7H2,1-2H3,(H,19,20);1H/t11-,14+;/m1./s1. The fourth-order valence-corrected chi connectivity index (χ4v) is 2.47. The Balaban J connectivity index is 0.00000192. The summed E-state index contributed by atoms with van der Waals surface area (Å²) in [6, 6.07) is 7.09. The first-order valence-corrected chi connectivity index (χ1v) is 7.32. The number of morpholine rings is 1. The molecular formula is C16H20ClN3O3. The summed E-state index contributed by atoms with van der Waals surface area (Å²) in [7, 11) is 0. The number of carbonyl (C=O) groups is 1. The van der Waals surface area contributed by atoms with Gasteiger partial charge in [-0.3, -0.25) is 4.79 Å². The summed E-state index contributed by atoms with van der Waals surface area (Å²) in [4.78, 5) is 16.5. The summed E-state index contributed by atoms with van der Waals surface area (Å²) in [6.07, 6.45) is 1.53. The molecule has 2 heterocycles. The van der Waals surface area contributed by atoms with Crippen LogP contribution < -0.4 is 10.6 Å². The van der Waals surface area contributed by atoms with Crippen LogP contribution in [0, 0.1) is 6.92 Å². The number of anilines is 1. The molecule has 0 unspecified atom stereocenters. The number of halogens is 1. The lowest BCUT2D eigenvalue weighted by Crippen LogP contribution is -2.53. The van der Waals surface area contributed by atoms with E-state index in [0.29, 0.717) is 24.7 Å². The van der Waals surface area contributed by atoms with E-state index in [1.807, 2.05) is 38.1 Å². The maximum absolute atomic E-state index is 12.3. The van der Waals surface area contributed by atoms with Crippen LogP contribution in [0.4, 0.5) is 5.69 Å². The zero-order valence-corrected chi connectivity index (χ0v) is 13.9. The SMILES string of the molecule is Cc1cnc(-c2cccc(NC(=O)[C@H]3NCCO[C@@H]3C)c2)o1.Cl. The summed E-state index contributed by atoms with van der Waals surface area (Å²) in [6.45, 7) is 5.04. The zero-order valence-electron chi connectivity index (χ0n) is 13.0. The van der Waals surface area contributed by atoms with Crippen LogP contribution in [0.5, 0.6) is 0 Å². The normalized spacial score (nSPS) is 20.6. The van der Waals surface area contributed by atoms with Crippen molar-refractivity contribution in [3.8, 4) is 11.5 Å². The summed E-state index contributed by atoms with van der Waals surface area (Å²) in [5.41, 5.74) is 1.53. The van der Waals surface area contributed by atoms with E-state index >= 15 is 0 Å². The molecule has 1 aromatic carbocycles. The Morgan fingerprint density at radius 1 is 1.43 bits per heavy atom. The van der Waals surface area contributed by atoms with Crippen LogP contribution in [0.25, 0.3) is 11.5 Å². The second kappa shape index (κ2) is 7.59. The highest BCUT2D eigenvalue weighted by molar-refractivity contribution is 5.95. The topological polar surface area (TPSA) is 76.4 Å². The molecule has 0 aliphatic carbocycles. The van der Waals surface area contributed by atoms with Gasteiger partial charge >= 0.3 is 0 Å². The summed E-state index contributed by atoms with van der Waals surface area (Å²) < 4.78 is 11.0. The lowest BCUT2D eigenvalue weighted by atomic mass is 10.1. The van der Waals surface area contributed by atoms with Gasteiger partial charge in [0.05, 0.1) is 18.9 Å². The van der Waals surface area contributed by atoms with Crippen molar-refractivity contribution in [2.24, 2.45) is 0 Å². The molecule has 0 spiro atoms. The highest BCUT2D eigenvalue weighted by atomic mass is 35.5. The van der Waals surface area contributed by atoms with Gasteiger partial charge in [-0.25, -0.2) is 4.98 Å². The van der Waals surface area contributed by atoms with Crippen LogP contribution in [0.2, 0.25) is 0 Å². The number of aryl methyl sites for hydroxylation is 1. The Labute approximate surface area is 141 Å². The lowest BCUT2D eigenvalue weighted by Gasteiger charge is -2.29. The Kier molecular flexibility index (Phi) is 5.76. The number of rotatable bonds is 3. The van der Waals surface area contributed by atoms with Crippen LogP contribution in [-0.4, -0.2) is 36.2 Å². The van der Waals surface area contributed by atoms with Crippen molar-refractivity contribution in [3.63, 3.8) is 0 Å². The number of nitrogens with zero attached hydrogens (tertiary/aromatic N) is 1. The van der Waals surface area contributed by atoms with Gasteiger partial charge in [-0.2, -0.15) is 0 Å². The smallest absolute Gasteiger partial charge is 0.244 e. The number of hydrogen-bond donors (Lipinski definition) is 2. The highest BCUT2D eigenvalue weighted by Crippen LogP contribution is 2.22. The number of aromatic nitrogens is 1. The Bertz CT molecular complexity index is 674. The summed E-state index contributed by atoms with van der Waals surface area (Å²) in [5.74, 6) is 1.19. The predicted octanol–water partition coefficient (Wildman–Crippen LogP) is 2.39. The fourth-order valence-electron chi connectivity index (χ4n) is 2.47. The number of carbonyl (C=O) groups excluding carboxylic acids is 1. The number of nitrogens with one attached hydrogen (secondary N) is 2. The predicted molar refractivity (Wildman–Crippen MR) is 89.8 cm³/mol. The van der Waals surface area contributed by atoms with E-state index < -0.39 is 0 Å². The molecule has 0 bridgehead atoms. The largest absolute Gasteiger partial charge is 0.441 e. The summed E-state index contributed by atoms with van der Waals surface area (Å²) >= 11 is 0. The van der Waals surface area contributed by atoms with Crippen molar-refractivity contribution < 1.29 is 13.9 Å². The van der Waals surface area contributed by atoms with Gasteiger partial charge in [-0.1, -0.05) is 6.07 Å². The minimum atomic E-state index is -0.346. The monoisotopic (exact) mass is 337 g/mol. The molecule has 3 rings (SSSR count). The Morgan fingerprint density at radius 2 is 2.26 bits per heavy atom. The lowest BCUT2D eigenvalue weighted by molar-refractivity contribution is -0.123. The molecule has 7 heteroatoms. The van der Waals surface area contributed by atoms with Gasteiger partial charge in [0.15, 0.2) is 0 Å². The van der Waals surface area contributed by atoms with Crippen LogP contribution >= 0.6 is 12.4 Å². The van der Waals surface area contributed by atoms with E-state index in [-0.39, 0.29) is 30.5 Å². The second-order valence-corrected chi connectivity index (χ2v) is 5.35. The van der Waals surface area contributed by atoms with Gasteiger partial charge in [0.1, 0.15) is 11.8 Å². The molecule has 1 fully saturated rings. The second-order valence-electron chi connectivity index (χ2n) is 5.35. The molecular weight excluding hydrogens is 318 g/mol. The molecule has 124 valence electrons. The Morgan fingerprint density at radius 3 is 2.96 bits per heavy atom. The number of benzene rings is 1. The number of ether oxygens (including phenoxy) is 1. The molecule has 2 N–H and O–H groups in total. The average molecular weight is 338 g/mol. The van der Waals surface area contributed by atoms with Crippen LogP contribution in [0.1, 0.15) is 12.7 Å². The van der Waals surface area contributed by atoms with Gasteiger partial charge in [0, 0.05) is 17.8 Å². The maximum atomic E-state index is 12.3. The van der Waals surface area contributed by atoms with E-state index in [1.54, 1.807) is 6.20 Å². The minimum absolute atomic E-state index is 0. The first-order valence-electron chi connectivity index (χ1n) is 7.32. The van der Waals surface area contributed by atoms with Gasteiger partial charge in [0.2, 0.25) is 11.8 Å². The minimum Gasteiger partial charge on any atom is -0.441 e. The van der Waals surface area contributed by atoms with Crippen LogP contribution in [0.15, 0.2) is 34.9 Å². The third-order valence-electron chi connectivity index (χ3n) is 3.60. The third kappa shape index (κ3) is 4.10. The van der Waals surface area contributed by atoms with Crippen LogP contribution in [0.3, 0.4) is 0 Å². The zero-order chi connectivity index (χ0) is 15.5. The molecule has 0 radical (unpaired) electrons. The first kappa shape index (κ1) is 17.5. The van der Waals surface area contributed by atoms with E-state index in [0.717, 1.165) is 11.3 Å². The molecule has 1 aromatic heterocycles. The quantitative estimate of drug-likeness (QED) is 0.899. The average Bonchev–Trinajstić information content (AvgIpc) is 2.94. The molecule has 6 nitrogen and oxygen atoms in total. The van der Waals surface area contributed by atoms with Crippen molar-refractivity contribution in [1.29, 1.82) is 0 Å².